The minimum atomic E-state index is -0.331. The maximum absolute atomic E-state index is 12.9. The summed E-state index contributed by atoms with van der Waals surface area (Å²) in [6, 6.07) is 3.81. The topological polar surface area (TPSA) is 97.6 Å². The second-order valence-electron chi connectivity index (χ2n) is 8.13. The standard InChI is InChI=1S/C23H29N5O4S/c1-2-32-23(31)27-13-11-26(12-14-27)20(29)16-33-21-18-5-3-4-6-19(18)28(22(30)25-21)15-17-7-9-24-10-8-17/h7-10H,2-6,11-16H2,1H3. The third kappa shape index (κ3) is 5.55. The Hall–Kier alpha value is -2.88. The number of carbonyl (C=O) groups excluding carboxylic acids is 2. The first kappa shape index (κ1) is 23.3. The number of thioether (sulfide) groups is 1. The fourth-order valence-electron chi connectivity index (χ4n) is 4.28. The fourth-order valence-corrected chi connectivity index (χ4v) is 5.26. The van der Waals surface area contributed by atoms with Crippen LogP contribution in [0.25, 0.3) is 0 Å². The predicted molar refractivity (Wildman–Crippen MR) is 124 cm³/mol. The van der Waals surface area contributed by atoms with Crippen LogP contribution in [0, 0.1) is 0 Å². The van der Waals surface area contributed by atoms with E-state index in [2.05, 4.69) is 9.97 Å². The molecule has 3 heterocycles. The Morgan fingerprint density at radius 3 is 2.48 bits per heavy atom. The molecule has 0 spiro atoms. The highest BCUT2D eigenvalue weighted by Gasteiger charge is 2.26. The number of carbonyl (C=O) groups is 2. The molecule has 10 heteroatoms. The lowest BCUT2D eigenvalue weighted by atomic mass is 9.97. The number of nitrogens with zero attached hydrogens (tertiary/aromatic N) is 5. The largest absolute Gasteiger partial charge is 0.450 e. The zero-order valence-corrected chi connectivity index (χ0v) is 19.7. The summed E-state index contributed by atoms with van der Waals surface area (Å²) in [4.78, 5) is 49.3. The van der Waals surface area contributed by atoms with E-state index in [1.54, 1.807) is 33.7 Å². The first-order chi connectivity index (χ1) is 16.1. The summed E-state index contributed by atoms with van der Waals surface area (Å²) in [6.07, 6.45) is 6.93. The van der Waals surface area contributed by atoms with Crippen molar-refractivity contribution in [1.82, 2.24) is 24.3 Å². The van der Waals surface area contributed by atoms with Crippen LogP contribution in [0.5, 0.6) is 0 Å². The third-order valence-corrected chi connectivity index (χ3v) is 7.03. The van der Waals surface area contributed by atoms with Crippen molar-refractivity contribution in [3.63, 3.8) is 0 Å². The highest BCUT2D eigenvalue weighted by atomic mass is 32.2. The lowest BCUT2D eigenvalue weighted by Gasteiger charge is -2.34. The maximum Gasteiger partial charge on any atom is 0.409 e. The first-order valence-corrected chi connectivity index (χ1v) is 12.4. The second kappa shape index (κ2) is 10.8. The molecule has 2 amide bonds. The number of amides is 2. The minimum Gasteiger partial charge on any atom is -0.450 e. The van der Waals surface area contributed by atoms with Crippen LogP contribution in [0.15, 0.2) is 34.3 Å². The molecule has 176 valence electrons. The van der Waals surface area contributed by atoms with E-state index >= 15 is 0 Å². The molecule has 2 aromatic heterocycles. The molecule has 1 saturated heterocycles. The molecular formula is C23H29N5O4S. The van der Waals surface area contributed by atoms with E-state index in [4.69, 9.17) is 4.74 Å². The second-order valence-corrected chi connectivity index (χ2v) is 9.09. The molecule has 2 aliphatic rings. The number of pyridine rings is 1. The number of piperazine rings is 1. The first-order valence-electron chi connectivity index (χ1n) is 11.4. The van der Waals surface area contributed by atoms with Crippen molar-refractivity contribution in [2.24, 2.45) is 0 Å². The van der Waals surface area contributed by atoms with E-state index in [9.17, 15) is 14.4 Å². The molecule has 0 saturated carbocycles. The quantitative estimate of drug-likeness (QED) is 0.469. The molecule has 0 aromatic carbocycles. The van der Waals surface area contributed by atoms with Gasteiger partial charge in [0.1, 0.15) is 5.03 Å². The molecule has 0 atom stereocenters. The molecule has 9 nitrogen and oxygen atoms in total. The zero-order valence-electron chi connectivity index (χ0n) is 18.9. The summed E-state index contributed by atoms with van der Waals surface area (Å²) in [6.45, 7) is 4.49. The normalized spacial score (nSPS) is 15.8. The van der Waals surface area contributed by atoms with Crippen molar-refractivity contribution in [3.8, 4) is 0 Å². The Bertz CT molecular complexity index is 1050. The number of ether oxygens (including phenoxy) is 1. The average Bonchev–Trinajstić information content (AvgIpc) is 2.85. The van der Waals surface area contributed by atoms with E-state index in [1.165, 1.54) is 11.8 Å². The lowest BCUT2D eigenvalue weighted by molar-refractivity contribution is -0.129. The van der Waals surface area contributed by atoms with Gasteiger partial charge in [0.15, 0.2) is 0 Å². The predicted octanol–water partition coefficient (Wildman–Crippen LogP) is 1.96. The van der Waals surface area contributed by atoms with Gasteiger partial charge >= 0.3 is 11.8 Å². The molecule has 1 aliphatic carbocycles. The van der Waals surface area contributed by atoms with Crippen LogP contribution in [-0.2, 0) is 28.9 Å². The molecule has 0 bridgehead atoms. The van der Waals surface area contributed by atoms with E-state index in [-0.39, 0.29) is 23.4 Å². The van der Waals surface area contributed by atoms with Crippen molar-refractivity contribution in [2.45, 2.75) is 44.2 Å². The summed E-state index contributed by atoms with van der Waals surface area (Å²) >= 11 is 1.35. The number of fused-ring (bicyclic) bond motifs is 1. The van der Waals surface area contributed by atoms with Crippen LogP contribution in [0.3, 0.4) is 0 Å². The molecule has 1 fully saturated rings. The van der Waals surface area contributed by atoms with Crippen LogP contribution < -0.4 is 5.69 Å². The van der Waals surface area contributed by atoms with Gasteiger partial charge in [-0.2, -0.15) is 4.98 Å². The van der Waals surface area contributed by atoms with Crippen molar-refractivity contribution in [2.75, 3.05) is 38.5 Å². The van der Waals surface area contributed by atoms with Gasteiger partial charge in [0.25, 0.3) is 0 Å². The van der Waals surface area contributed by atoms with Crippen molar-refractivity contribution in [3.05, 3.63) is 51.8 Å². The Morgan fingerprint density at radius 1 is 1.06 bits per heavy atom. The van der Waals surface area contributed by atoms with Gasteiger partial charge < -0.3 is 14.5 Å². The molecule has 1 aliphatic heterocycles. The Labute approximate surface area is 197 Å². The molecule has 4 rings (SSSR count). The Kier molecular flexibility index (Phi) is 7.64. The van der Waals surface area contributed by atoms with Crippen LogP contribution >= 0.6 is 11.8 Å². The molecule has 0 N–H and O–H groups in total. The van der Waals surface area contributed by atoms with Gasteiger partial charge in [-0.1, -0.05) is 11.8 Å². The average molecular weight is 472 g/mol. The molecule has 2 aromatic rings. The number of aromatic nitrogens is 3. The van der Waals surface area contributed by atoms with Crippen molar-refractivity contribution < 1.29 is 14.3 Å². The summed E-state index contributed by atoms with van der Waals surface area (Å²) in [5, 5.41) is 0.680. The van der Waals surface area contributed by atoms with Gasteiger partial charge in [0, 0.05) is 49.8 Å². The van der Waals surface area contributed by atoms with E-state index in [0.29, 0.717) is 44.4 Å². The number of hydrogen-bond donors (Lipinski definition) is 0. The fraction of sp³-hybridized carbons (Fsp3) is 0.522. The number of rotatable bonds is 6. The van der Waals surface area contributed by atoms with Crippen LogP contribution in [0.4, 0.5) is 4.79 Å². The summed E-state index contributed by atoms with van der Waals surface area (Å²) < 4.78 is 6.80. The van der Waals surface area contributed by atoms with Gasteiger partial charge in [-0.05, 0) is 50.3 Å². The Morgan fingerprint density at radius 2 is 1.76 bits per heavy atom. The molecule has 0 unspecified atom stereocenters. The molecule has 33 heavy (non-hydrogen) atoms. The van der Waals surface area contributed by atoms with Gasteiger partial charge in [-0.15, -0.1) is 0 Å². The van der Waals surface area contributed by atoms with Gasteiger partial charge in [-0.25, -0.2) is 9.59 Å². The summed E-state index contributed by atoms with van der Waals surface area (Å²) in [7, 11) is 0. The molecular weight excluding hydrogens is 442 g/mol. The van der Waals surface area contributed by atoms with Crippen LogP contribution in [-0.4, -0.2) is 74.9 Å². The molecule has 0 radical (unpaired) electrons. The van der Waals surface area contributed by atoms with Gasteiger partial charge in [-0.3, -0.25) is 14.3 Å². The lowest BCUT2D eigenvalue weighted by Crippen LogP contribution is -2.51. The SMILES string of the molecule is CCOC(=O)N1CCN(C(=O)CSc2nc(=O)n(Cc3ccncc3)c3c2CCCC3)CC1. The smallest absolute Gasteiger partial charge is 0.409 e. The van der Waals surface area contributed by atoms with Crippen molar-refractivity contribution in [1.29, 1.82) is 0 Å². The van der Waals surface area contributed by atoms with E-state index in [1.807, 2.05) is 12.1 Å². The van der Waals surface area contributed by atoms with Crippen LogP contribution in [0.1, 0.15) is 36.6 Å². The van der Waals surface area contributed by atoms with Crippen molar-refractivity contribution >= 4 is 23.8 Å². The summed E-state index contributed by atoms with van der Waals surface area (Å²) in [5.41, 5.74) is 2.88. The van der Waals surface area contributed by atoms with E-state index < -0.39 is 0 Å². The highest BCUT2D eigenvalue weighted by Crippen LogP contribution is 2.29. The minimum absolute atomic E-state index is 0.00386. The monoisotopic (exact) mass is 471 g/mol. The zero-order chi connectivity index (χ0) is 23.2. The maximum atomic E-state index is 12.9. The third-order valence-electron chi connectivity index (χ3n) is 6.03. The Balaban J connectivity index is 1.42. The van der Waals surface area contributed by atoms with Gasteiger partial charge in [0.2, 0.25) is 5.91 Å². The highest BCUT2D eigenvalue weighted by molar-refractivity contribution is 7.99. The summed E-state index contributed by atoms with van der Waals surface area (Å²) in [5.74, 6) is 0.225. The number of hydrogen-bond acceptors (Lipinski definition) is 7. The van der Waals surface area contributed by atoms with Crippen LogP contribution in [0.2, 0.25) is 0 Å². The van der Waals surface area contributed by atoms with Gasteiger partial charge in [0.05, 0.1) is 18.9 Å². The van der Waals surface area contributed by atoms with E-state index in [0.717, 1.165) is 42.5 Å².